The molecule has 0 amide bonds. The van der Waals surface area contributed by atoms with E-state index in [9.17, 15) is 0 Å². The lowest BCUT2D eigenvalue weighted by molar-refractivity contribution is 1.02. The minimum absolute atomic E-state index is 1.01. The van der Waals surface area contributed by atoms with E-state index in [0.29, 0.717) is 0 Å². The van der Waals surface area contributed by atoms with Crippen LogP contribution in [0.2, 0.25) is 0 Å². The summed E-state index contributed by atoms with van der Waals surface area (Å²) in [5, 5.41) is 0. The summed E-state index contributed by atoms with van der Waals surface area (Å²) in [6.07, 6.45) is 26.5. The molecule has 0 aromatic carbocycles. The minimum atomic E-state index is 1.01. The van der Waals surface area contributed by atoms with E-state index in [1.165, 1.54) is 0 Å². The summed E-state index contributed by atoms with van der Waals surface area (Å²) >= 11 is 0. The fraction of sp³-hybridized carbons (Fsp3) is 0.286. The highest BCUT2D eigenvalue weighted by Gasteiger charge is 1.77. The Bertz CT molecular complexity index is 262. The van der Waals surface area contributed by atoms with E-state index in [0.717, 1.165) is 25.7 Å². The van der Waals surface area contributed by atoms with Crippen LogP contribution in [-0.4, -0.2) is 0 Å². The van der Waals surface area contributed by atoms with E-state index in [-0.39, 0.29) is 0 Å². The van der Waals surface area contributed by atoms with E-state index >= 15 is 0 Å². The quantitative estimate of drug-likeness (QED) is 0.497. The lowest BCUT2D eigenvalue weighted by Gasteiger charge is -1.86. The lowest BCUT2D eigenvalue weighted by atomic mass is 10.2. The van der Waals surface area contributed by atoms with Gasteiger partial charge in [0, 0.05) is 0 Å². The van der Waals surface area contributed by atoms with Gasteiger partial charge in [-0.05, 0) is 31.8 Å². The Labute approximate surface area is 87.0 Å². The first-order chi connectivity index (χ1) is 7.00. The van der Waals surface area contributed by atoms with Gasteiger partial charge in [-0.25, -0.2) is 0 Å². The van der Waals surface area contributed by atoms with Gasteiger partial charge >= 0.3 is 0 Å². The SMILES string of the molecule is [C]1=C/C=C\C=C\C/C=C/C/C=C/CC/1. The monoisotopic (exact) mass is 185 g/mol. The summed E-state index contributed by atoms with van der Waals surface area (Å²) in [7, 11) is 0. The van der Waals surface area contributed by atoms with Gasteiger partial charge in [-0.2, -0.15) is 0 Å². The van der Waals surface area contributed by atoms with Crippen molar-refractivity contribution < 1.29 is 0 Å². The second-order valence-corrected chi connectivity index (χ2v) is 3.14. The van der Waals surface area contributed by atoms with Crippen LogP contribution in [0.15, 0.2) is 54.7 Å². The van der Waals surface area contributed by atoms with Crippen LogP contribution >= 0.6 is 0 Å². The first kappa shape index (κ1) is 10.8. The van der Waals surface area contributed by atoms with E-state index in [1.807, 2.05) is 18.2 Å². The Kier molecular flexibility index (Phi) is 6.39. The molecule has 0 aromatic rings. The van der Waals surface area contributed by atoms with Gasteiger partial charge < -0.3 is 0 Å². The first-order valence-corrected chi connectivity index (χ1v) is 5.18. The molecule has 0 aliphatic heterocycles. The molecule has 1 rings (SSSR count). The summed E-state index contributed by atoms with van der Waals surface area (Å²) in [6.45, 7) is 0. The number of allylic oxidation sites excluding steroid dienone is 10. The predicted octanol–water partition coefficient (Wildman–Crippen LogP) is 4.14. The second kappa shape index (κ2) is 8.31. The normalized spacial score (nSPS) is 29.7. The van der Waals surface area contributed by atoms with Crippen LogP contribution in [0.5, 0.6) is 0 Å². The van der Waals surface area contributed by atoms with Crippen LogP contribution in [-0.2, 0) is 0 Å². The zero-order valence-corrected chi connectivity index (χ0v) is 8.52. The largest absolute Gasteiger partial charge is 0.0879 e. The smallest absolute Gasteiger partial charge is 0.0166 e. The van der Waals surface area contributed by atoms with Gasteiger partial charge in [0.05, 0.1) is 0 Å². The zero-order chi connectivity index (χ0) is 9.90. The van der Waals surface area contributed by atoms with Crippen molar-refractivity contribution in [2.45, 2.75) is 25.7 Å². The number of hydrogen-bond acceptors (Lipinski definition) is 0. The Hall–Kier alpha value is -1.30. The first-order valence-electron chi connectivity index (χ1n) is 5.18. The Morgan fingerprint density at radius 3 is 2.43 bits per heavy atom. The van der Waals surface area contributed by atoms with Crippen LogP contribution in [0.4, 0.5) is 0 Å². The highest BCUT2D eigenvalue weighted by atomic mass is 13.8. The molecule has 0 fully saturated rings. The summed E-state index contributed by atoms with van der Waals surface area (Å²) < 4.78 is 0. The van der Waals surface area contributed by atoms with Crippen LogP contribution in [0, 0.1) is 6.08 Å². The fourth-order valence-corrected chi connectivity index (χ4v) is 1.16. The minimum Gasteiger partial charge on any atom is -0.0879 e. The van der Waals surface area contributed by atoms with Crippen molar-refractivity contribution >= 4 is 0 Å². The molecule has 0 bridgehead atoms. The van der Waals surface area contributed by atoms with Gasteiger partial charge in [-0.15, -0.1) is 0 Å². The molecule has 0 atom stereocenters. The average Bonchev–Trinajstić information content (AvgIpc) is 2.22. The molecule has 0 N–H and O–H groups in total. The highest BCUT2D eigenvalue weighted by Crippen LogP contribution is 1.97. The molecule has 14 heavy (non-hydrogen) atoms. The van der Waals surface area contributed by atoms with Gasteiger partial charge in [-0.3, -0.25) is 0 Å². The van der Waals surface area contributed by atoms with Crippen molar-refractivity contribution in [3.63, 3.8) is 0 Å². The van der Waals surface area contributed by atoms with E-state index in [4.69, 9.17) is 0 Å². The average molecular weight is 185 g/mol. The molecule has 0 heterocycles. The van der Waals surface area contributed by atoms with Crippen LogP contribution in [0.3, 0.4) is 0 Å². The van der Waals surface area contributed by atoms with E-state index < -0.39 is 0 Å². The third-order valence-electron chi connectivity index (χ3n) is 1.91. The maximum absolute atomic E-state index is 3.22. The summed E-state index contributed by atoms with van der Waals surface area (Å²) in [4.78, 5) is 0. The van der Waals surface area contributed by atoms with Crippen molar-refractivity contribution in [1.82, 2.24) is 0 Å². The fourth-order valence-electron chi connectivity index (χ4n) is 1.16. The van der Waals surface area contributed by atoms with Gasteiger partial charge in [0.15, 0.2) is 0 Å². The molecule has 0 unspecified atom stereocenters. The topological polar surface area (TPSA) is 0 Å². The molecule has 0 aromatic heterocycles. The summed E-state index contributed by atoms with van der Waals surface area (Å²) in [6, 6.07) is 0. The van der Waals surface area contributed by atoms with Gasteiger partial charge in [0.25, 0.3) is 0 Å². The third-order valence-corrected chi connectivity index (χ3v) is 1.91. The molecule has 1 aliphatic carbocycles. The van der Waals surface area contributed by atoms with E-state index in [1.54, 1.807) is 0 Å². The standard InChI is InChI=1S/C14H17/c1-2-4-6-8-10-12-14-13-11-9-7-5-3-1/h1-5,8,10,13-14H,6,9,11-12H2/b3-1-,4-2+,7-5?,10-8+,14-13+. The maximum atomic E-state index is 3.22. The van der Waals surface area contributed by atoms with Crippen LogP contribution < -0.4 is 0 Å². The number of rotatable bonds is 0. The maximum Gasteiger partial charge on any atom is -0.0166 e. The van der Waals surface area contributed by atoms with Crippen molar-refractivity contribution in [2.75, 3.05) is 0 Å². The van der Waals surface area contributed by atoms with Crippen LogP contribution in [0.25, 0.3) is 0 Å². The Morgan fingerprint density at radius 2 is 1.50 bits per heavy atom. The molecule has 73 valence electrons. The van der Waals surface area contributed by atoms with Gasteiger partial charge in [-0.1, -0.05) is 54.7 Å². The lowest BCUT2D eigenvalue weighted by Crippen LogP contribution is -1.67. The van der Waals surface area contributed by atoms with Gasteiger partial charge in [0.2, 0.25) is 0 Å². The Morgan fingerprint density at radius 1 is 0.714 bits per heavy atom. The molecule has 0 spiro atoms. The molecule has 0 nitrogen and oxygen atoms in total. The molecule has 1 aliphatic rings. The van der Waals surface area contributed by atoms with Crippen molar-refractivity contribution in [3.05, 3.63) is 60.8 Å². The third kappa shape index (κ3) is 6.24. The zero-order valence-electron chi connectivity index (χ0n) is 8.52. The molecular formula is C14H17. The van der Waals surface area contributed by atoms with Gasteiger partial charge in [0.1, 0.15) is 0 Å². The number of hydrogen-bond donors (Lipinski definition) is 0. The molecule has 0 saturated carbocycles. The molecule has 0 saturated heterocycles. The van der Waals surface area contributed by atoms with Crippen molar-refractivity contribution in [3.8, 4) is 0 Å². The highest BCUT2D eigenvalue weighted by molar-refractivity contribution is 5.11. The summed E-state index contributed by atoms with van der Waals surface area (Å²) in [5.41, 5.74) is 0. The van der Waals surface area contributed by atoms with Crippen molar-refractivity contribution in [2.24, 2.45) is 0 Å². The summed E-state index contributed by atoms with van der Waals surface area (Å²) in [5.74, 6) is 0. The Balaban J connectivity index is 2.45. The molecule has 0 heteroatoms. The van der Waals surface area contributed by atoms with Crippen molar-refractivity contribution in [1.29, 1.82) is 0 Å². The van der Waals surface area contributed by atoms with E-state index in [2.05, 4.69) is 42.5 Å². The predicted molar refractivity (Wildman–Crippen MR) is 62.8 cm³/mol. The van der Waals surface area contributed by atoms with Crippen LogP contribution in [0.1, 0.15) is 25.7 Å². The molecule has 1 radical (unpaired) electrons. The second-order valence-electron chi connectivity index (χ2n) is 3.14. The molecular weight excluding hydrogens is 168 g/mol.